The standard InChI is InChI=1S/C11H21F3N2/c1-10(2)4-3-5-16(8-10)7-9(6-15)11(12,13)14/h9H,3-8,15H2,1-2H3. The average molecular weight is 238 g/mol. The third-order valence-electron chi connectivity index (χ3n) is 3.21. The first-order chi connectivity index (χ1) is 7.24. The molecule has 0 aromatic rings. The van der Waals surface area contributed by atoms with Gasteiger partial charge in [0, 0.05) is 19.6 Å². The Balaban J connectivity index is 2.52. The maximum absolute atomic E-state index is 12.6. The van der Waals surface area contributed by atoms with E-state index in [0.717, 1.165) is 25.9 Å². The number of piperidine rings is 1. The van der Waals surface area contributed by atoms with Crippen LogP contribution in [0.3, 0.4) is 0 Å². The number of halogens is 3. The van der Waals surface area contributed by atoms with Crippen LogP contribution in [0.25, 0.3) is 0 Å². The van der Waals surface area contributed by atoms with E-state index >= 15 is 0 Å². The first kappa shape index (κ1) is 13.8. The molecule has 1 aliphatic rings. The van der Waals surface area contributed by atoms with E-state index in [0.29, 0.717) is 0 Å². The highest BCUT2D eigenvalue weighted by molar-refractivity contribution is 4.82. The van der Waals surface area contributed by atoms with Gasteiger partial charge in [-0.1, -0.05) is 13.8 Å². The molecule has 96 valence electrons. The summed E-state index contributed by atoms with van der Waals surface area (Å²) in [5, 5.41) is 0. The molecule has 0 aromatic carbocycles. The van der Waals surface area contributed by atoms with Crippen molar-refractivity contribution in [3.8, 4) is 0 Å². The minimum absolute atomic E-state index is 0.0451. The van der Waals surface area contributed by atoms with Gasteiger partial charge in [0.1, 0.15) is 0 Å². The molecule has 1 unspecified atom stereocenters. The van der Waals surface area contributed by atoms with Gasteiger partial charge in [0.2, 0.25) is 0 Å². The second-order valence-corrected chi connectivity index (χ2v) is 5.48. The van der Waals surface area contributed by atoms with E-state index in [-0.39, 0.29) is 18.5 Å². The smallest absolute Gasteiger partial charge is 0.330 e. The Kier molecular flexibility index (Phi) is 4.23. The van der Waals surface area contributed by atoms with E-state index in [2.05, 4.69) is 13.8 Å². The Labute approximate surface area is 95.0 Å². The van der Waals surface area contributed by atoms with Crippen LogP contribution in [0.5, 0.6) is 0 Å². The quantitative estimate of drug-likeness (QED) is 0.817. The van der Waals surface area contributed by atoms with Crippen molar-refractivity contribution in [2.75, 3.05) is 26.2 Å². The van der Waals surface area contributed by atoms with E-state index in [4.69, 9.17) is 5.73 Å². The number of rotatable bonds is 3. The molecule has 1 aliphatic heterocycles. The lowest BCUT2D eigenvalue weighted by Gasteiger charge is -2.39. The third-order valence-corrected chi connectivity index (χ3v) is 3.21. The Morgan fingerprint density at radius 1 is 1.38 bits per heavy atom. The van der Waals surface area contributed by atoms with Gasteiger partial charge in [-0.05, 0) is 24.8 Å². The van der Waals surface area contributed by atoms with Crippen LogP contribution in [0, 0.1) is 11.3 Å². The highest BCUT2D eigenvalue weighted by Gasteiger charge is 2.40. The molecule has 0 aromatic heterocycles. The van der Waals surface area contributed by atoms with Crippen molar-refractivity contribution in [3.63, 3.8) is 0 Å². The first-order valence-electron chi connectivity index (χ1n) is 5.74. The lowest BCUT2D eigenvalue weighted by molar-refractivity contribution is -0.177. The van der Waals surface area contributed by atoms with Crippen molar-refractivity contribution in [1.29, 1.82) is 0 Å². The molecule has 0 amide bonds. The number of nitrogens with two attached hydrogens (primary N) is 1. The van der Waals surface area contributed by atoms with Crippen molar-refractivity contribution < 1.29 is 13.2 Å². The summed E-state index contributed by atoms with van der Waals surface area (Å²) < 4.78 is 37.7. The van der Waals surface area contributed by atoms with Gasteiger partial charge in [0.15, 0.2) is 0 Å². The predicted molar refractivity (Wildman–Crippen MR) is 58.1 cm³/mol. The van der Waals surface area contributed by atoms with E-state index < -0.39 is 12.1 Å². The fourth-order valence-electron chi connectivity index (χ4n) is 2.32. The number of hydrogen-bond acceptors (Lipinski definition) is 2. The number of likely N-dealkylation sites (tertiary alicyclic amines) is 1. The van der Waals surface area contributed by atoms with Crippen molar-refractivity contribution in [3.05, 3.63) is 0 Å². The summed E-state index contributed by atoms with van der Waals surface area (Å²) in [6.07, 6.45) is -2.11. The molecular formula is C11H21F3N2. The fraction of sp³-hybridized carbons (Fsp3) is 1.00. The van der Waals surface area contributed by atoms with E-state index in [1.807, 2.05) is 4.90 Å². The zero-order valence-corrected chi connectivity index (χ0v) is 9.98. The molecule has 0 radical (unpaired) electrons. The maximum atomic E-state index is 12.6. The summed E-state index contributed by atoms with van der Waals surface area (Å²) >= 11 is 0. The lowest BCUT2D eigenvalue weighted by atomic mass is 9.84. The second-order valence-electron chi connectivity index (χ2n) is 5.48. The predicted octanol–water partition coefficient (Wildman–Crippen LogP) is 2.25. The highest BCUT2D eigenvalue weighted by atomic mass is 19.4. The molecular weight excluding hydrogens is 217 g/mol. The molecule has 16 heavy (non-hydrogen) atoms. The fourth-order valence-corrected chi connectivity index (χ4v) is 2.32. The molecule has 0 bridgehead atoms. The third kappa shape index (κ3) is 3.94. The Bertz CT molecular complexity index is 226. The highest BCUT2D eigenvalue weighted by Crippen LogP contribution is 2.31. The molecule has 0 saturated carbocycles. The summed E-state index contributed by atoms with van der Waals surface area (Å²) in [5.41, 5.74) is 5.32. The topological polar surface area (TPSA) is 29.3 Å². The largest absolute Gasteiger partial charge is 0.394 e. The Morgan fingerprint density at radius 2 is 2.00 bits per heavy atom. The van der Waals surface area contributed by atoms with Gasteiger partial charge in [-0.15, -0.1) is 0 Å². The average Bonchev–Trinajstić information content (AvgIpc) is 2.10. The number of alkyl halides is 3. The maximum Gasteiger partial charge on any atom is 0.394 e. The van der Waals surface area contributed by atoms with Gasteiger partial charge >= 0.3 is 6.18 Å². The molecule has 1 fully saturated rings. The molecule has 1 atom stereocenters. The SMILES string of the molecule is CC1(C)CCCN(CC(CN)C(F)(F)F)C1. The summed E-state index contributed by atoms with van der Waals surface area (Å²) in [6, 6.07) is 0. The Hall–Kier alpha value is -0.290. The van der Waals surface area contributed by atoms with Crippen molar-refractivity contribution in [2.45, 2.75) is 32.9 Å². The van der Waals surface area contributed by atoms with Crippen LogP contribution in [0.15, 0.2) is 0 Å². The van der Waals surface area contributed by atoms with Gasteiger partial charge in [-0.25, -0.2) is 0 Å². The molecule has 2 N–H and O–H groups in total. The van der Waals surface area contributed by atoms with Crippen LogP contribution in [0.2, 0.25) is 0 Å². The lowest BCUT2D eigenvalue weighted by Crippen LogP contribution is -2.46. The van der Waals surface area contributed by atoms with Crippen molar-refractivity contribution >= 4 is 0 Å². The van der Waals surface area contributed by atoms with Gasteiger partial charge in [-0.2, -0.15) is 13.2 Å². The molecule has 5 heteroatoms. The summed E-state index contributed by atoms with van der Waals surface area (Å²) in [7, 11) is 0. The zero-order valence-electron chi connectivity index (χ0n) is 9.98. The zero-order chi connectivity index (χ0) is 12.4. The van der Waals surface area contributed by atoms with Gasteiger partial charge in [-0.3, -0.25) is 0 Å². The minimum atomic E-state index is -4.17. The van der Waals surface area contributed by atoms with Crippen LogP contribution in [0.1, 0.15) is 26.7 Å². The summed E-state index contributed by atoms with van der Waals surface area (Å²) in [6.45, 7) is 5.42. The van der Waals surface area contributed by atoms with Crippen molar-refractivity contribution in [2.24, 2.45) is 17.1 Å². The van der Waals surface area contributed by atoms with Gasteiger partial charge in [0.25, 0.3) is 0 Å². The minimum Gasteiger partial charge on any atom is -0.330 e. The number of hydrogen-bond donors (Lipinski definition) is 1. The Morgan fingerprint density at radius 3 is 2.44 bits per heavy atom. The molecule has 2 nitrogen and oxygen atoms in total. The van der Waals surface area contributed by atoms with E-state index in [1.54, 1.807) is 0 Å². The van der Waals surface area contributed by atoms with Crippen molar-refractivity contribution in [1.82, 2.24) is 4.90 Å². The normalized spacial score (nSPS) is 24.4. The van der Waals surface area contributed by atoms with E-state index in [9.17, 15) is 13.2 Å². The van der Waals surface area contributed by atoms with Crippen LogP contribution < -0.4 is 5.73 Å². The van der Waals surface area contributed by atoms with Crippen LogP contribution in [0.4, 0.5) is 13.2 Å². The monoisotopic (exact) mass is 238 g/mol. The van der Waals surface area contributed by atoms with E-state index in [1.165, 1.54) is 0 Å². The van der Waals surface area contributed by atoms with Gasteiger partial charge in [0.05, 0.1) is 5.92 Å². The second kappa shape index (κ2) is 4.92. The van der Waals surface area contributed by atoms with Crippen LogP contribution in [-0.4, -0.2) is 37.3 Å². The summed E-state index contributed by atoms with van der Waals surface area (Å²) in [4.78, 5) is 1.90. The molecule has 1 saturated heterocycles. The van der Waals surface area contributed by atoms with Crippen LogP contribution >= 0.6 is 0 Å². The first-order valence-corrected chi connectivity index (χ1v) is 5.74. The van der Waals surface area contributed by atoms with Crippen LogP contribution in [-0.2, 0) is 0 Å². The van der Waals surface area contributed by atoms with Gasteiger partial charge < -0.3 is 10.6 Å². The molecule has 0 spiro atoms. The summed E-state index contributed by atoms with van der Waals surface area (Å²) in [5.74, 6) is -1.39. The molecule has 1 rings (SSSR count). The number of nitrogens with zero attached hydrogens (tertiary/aromatic N) is 1. The molecule has 1 heterocycles. The molecule has 0 aliphatic carbocycles.